The molecule has 88 valence electrons. The molecule has 0 saturated heterocycles. The van der Waals surface area contributed by atoms with Crippen LogP contribution in [0, 0.1) is 12.8 Å². The van der Waals surface area contributed by atoms with Crippen LogP contribution in [0.3, 0.4) is 0 Å². The fraction of sp³-hybridized carbons (Fsp3) is 0.571. The monoisotopic (exact) mass is 281 g/mol. The zero-order valence-corrected chi connectivity index (χ0v) is 11.7. The standard InChI is InChI=1S/C14H20BrN/c1-10-12(7-4-8-13(10)15)14(16-2)9-11-5-3-6-11/h4,7-8,11,14,16H,3,5-6,9H2,1-2H3. The predicted octanol–water partition coefficient (Wildman–Crippen LogP) is 4.21. The van der Waals surface area contributed by atoms with Gasteiger partial charge in [0.15, 0.2) is 0 Å². The van der Waals surface area contributed by atoms with Crippen molar-refractivity contribution in [1.82, 2.24) is 5.32 Å². The normalized spacial score (nSPS) is 18.2. The zero-order chi connectivity index (χ0) is 11.5. The highest BCUT2D eigenvalue weighted by Gasteiger charge is 2.23. The summed E-state index contributed by atoms with van der Waals surface area (Å²) in [4.78, 5) is 0. The van der Waals surface area contributed by atoms with E-state index in [1.165, 1.54) is 41.3 Å². The molecule has 16 heavy (non-hydrogen) atoms. The van der Waals surface area contributed by atoms with Gasteiger partial charge in [0.05, 0.1) is 0 Å². The summed E-state index contributed by atoms with van der Waals surface area (Å²) in [7, 11) is 2.07. The maximum absolute atomic E-state index is 3.61. The highest BCUT2D eigenvalue weighted by Crippen LogP contribution is 2.36. The van der Waals surface area contributed by atoms with Gasteiger partial charge in [0.2, 0.25) is 0 Å². The molecule has 1 aromatic carbocycles. The van der Waals surface area contributed by atoms with Gasteiger partial charge in [-0.05, 0) is 43.5 Å². The maximum atomic E-state index is 3.61. The van der Waals surface area contributed by atoms with Gasteiger partial charge in [-0.3, -0.25) is 0 Å². The van der Waals surface area contributed by atoms with Crippen LogP contribution in [-0.4, -0.2) is 7.05 Å². The Morgan fingerprint density at radius 2 is 2.19 bits per heavy atom. The zero-order valence-electron chi connectivity index (χ0n) is 10.1. The van der Waals surface area contributed by atoms with E-state index in [0.29, 0.717) is 6.04 Å². The Morgan fingerprint density at radius 1 is 1.44 bits per heavy atom. The summed E-state index contributed by atoms with van der Waals surface area (Å²) in [6.07, 6.45) is 5.56. The first kappa shape index (κ1) is 12.1. The summed E-state index contributed by atoms with van der Waals surface area (Å²) < 4.78 is 1.22. The van der Waals surface area contributed by atoms with Gasteiger partial charge in [-0.25, -0.2) is 0 Å². The molecule has 1 aromatic rings. The van der Waals surface area contributed by atoms with Crippen LogP contribution in [0.25, 0.3) is 0 Å². The quantitative estimate of drug-likeness (QED) is 0.872. The molecule has 1 unspecified atom stereocenters. The molecule has 1 nitrogen and oxygen atoms in total. The van der Waals surface area contributed by atoms with Crippen molar-refractivity contribution in [3.8, 4) is 0 Å². The van der Waals surface area contributed by atoms with E-state index in [-0.39, 0.29) is 0 Å². The van der Waals surface area contributed by atoms with Crippen molar-refractivity contribution < 1.29 is 0 Å². The predicted molar refractivity (Wildman–Crippen MR) is 72.6 cm³/mol. The first-order valence-electron chi connectivity index (χ1n) is 6.14. The highest BCUT2D eigenvalue weighted by atomic mass is 79.9. The summed E-state index contributed by atoms with van der Waals surface area (Å²) in [5.41, 5.74) is 2.82. The van der Waals surface area contributed by atoms with E-state index >= 15 is 0 Å². The second-order valence-corrected chi connectivity index (χ2v) is 5.68. The average Bonchev–Trinajstić information content (AvgIpc) is 2.22. The molecule has 2 heteroatoms. The van der Waals surface area contributed by atoms with Crippen LogP contribution in [0.15, 0.2) is 22.7 Å². The third-order valence-electron chi connectivity index (χ3n) is 3.83. The summed E-state index contributed by atoms with van der Waals surface area (Å²) >= 11 is 3.61. The highest BCUT2D eigenvalue weighted by molar-refractivity contribution is 9.10. The van der Waals surface area contributed by atoms with Crippen LogP contribution >= 0.6 is 15.9 Å². The van der Waals surface area contributed by atoms with Crippen LogP contribution in [0.1, 0.15) is 42.9 Å². The lowest BCUT2D eigenvalue weighted by Crippen LogP contribution is -2.23. The third-order valence-corrected chi connectivity index (χ3v) is 4.69. The minimum Gasteiger partial charge on any atom is -0.313 e. The van der Waals surface area contributed by atoms with Crippen LogP contribution in [0.2, 0.25) is 0 Å². The van der Waals surface area contributed by atoms with Crippen molar-refractivity contribution in [2.75, 3.05) is 7.05 Å². The minimum absolute atomic E-state index is 0.516. The van der Waals surface area contributed by atoms with E-state index in [1.807, 2.05) is 0 Å². The van der Waals surface area contributed by atoms with Gasteiger partial charge in [0, 0.05) is 10.5 Å². The summed E-state index contributed by atoms with van der Waals surface area (Å²) in [5, 5.41) is 3.46. The van der Waals surface area contributed by atoms with E-state index in [0.717, 1.165) is 5.92 Å². The van der Waals surface area contributed by atoms with Gasteiger partial charge in [0.1, 0.15) is 0 Å². The van der Waals surface area contributed by atoms with Gasteiger partial charge >= 0.3 is 0 Å². The second-order valence-electron chi connectivity index (χ2n) is 4.83. The second kappa shape index (κ2) is 5.33. The first-order chi connectivity index (χ1) is 7.72. The van der Waals surface area contributed by atoms with Crippen LogP contribution in [-0.2, 0) is 0 Å². The van der Waals surface area contributed by atoms with Crippen molar-refractivity contribution in [2.45, 2.75) is 38.6 Å². The lowest BCUT2D eigenvalue weighted by atomic mass is 9.79. The lowest BCUT2D eigenvalue weighted by molar-refractivity contribution is 0.265. The molecule has 0 aromatic heterocycles. The Labute approximate surface area is 107 Å². The molecule has 1 atom stereocenters. The number of benzene rings is 1. The van der Waals surface area contributed by atoms with Crippen molar-refractivity contribution >= 4 is 15.9 Å². The Kier molecular flexibility index (Phi) is 4.04. The van der Waals surface area contributed by atoms with Crippen molar-refractivity contribution in [2.24, 2.45) is 5.92 Å². The lowest BCUT2D eigenvalue weighted by Gasteiger charge is -2.30. The Hall–Kier alpha value is -0.340. The number of nitrogens with one attached hydrogen (secondary N) is 1. The molecule has 1 N–H and O–H groups in total. The fourth-order valence-corrected chi connectivity index (χ4v) is 2.85. The van der Waals surface area contributed by atoms with Crippen LogP contribution in [0.4, 0.5) is 0 Å². The molecule has 0 aliphatic heterocycles. The van der Waals surface area contributed by atoms with Gasteiger partial charge in [-0.2, -0.15) is 0 Å². The molecule has 1 fully saturated rings. The molecular weight excluding hydrogens is 262 g/mol. The minimum atomic E-state index is 0.516. The van der Waals surface area contributed by atoms with Crippen LogP contribution < -0.4 is 5.32 Å². The molecule has 0 radical (unpaired) electrons. The van der Waals surface area contributed by atoms with E-state index in [4.69, 9.17) is 0 Å². The first-order valence-corrected chi connectivity index (χ1v) is 6.94. The van der Waals surface area contributed by atoms with Crippen LogP contribution in [0.5, 0.6) is 0 Å². The van der Waals surface area contributed by atoms with Crippen molar-refractivity contribution in [1.29, 1.82) is 0 Å². The average molecular weight is 282 g/mol. The summed E-state index contributed by atoms with van der Waals surface area (Å²) in [5.74, 6) is 0.941. The number of hydrogen-bond donors (Lipinski definition) is 1. The maximum Gasteiger partial charge on any atom is 0.0323 e. The number of rotatable bonds is 4. The molecule has 0 bridgehead atoms. The van der Waals surface area contributed by atoms with E-state index in [1.54, 1.807) is 0 Å². The van der Waals surface area contributed by atoms with Crippen molar-refractivity contribution in [3.63, 3.8) is 0 Å². The number of hydrogen-bond acceptors (Lipinski definition) is 1. The summed E-state index contributed by atoms with van der Waals surface area (Å²) in [6.45, 7) is 2.20. The topological polar surface area (TPSA) is 12.0 Å². The molecule has 2 rings (SSSR count). The molecule has 1 saturated carbocycles. The number of halogens is 1. The molecule has 1 aliphatic carbocycles. The molecule has 0 spiro atoms. The smallest absolute Gasteiger partial charge is 0.0323 e. The van der Waals surface area contributed by atoms with Gasteiger partial charge < -0.3 is 5.32 Å². The van der Waals surface area contributed by atoms with Gasteiger partial charge in [-0.1, -0.05) is 47.3 Å². The van der Waals surface area contributed by atoms with Crippen molar-refractivity contribution in [3.05, 3.63) is 33.8 Å². The molecule has 0 amide bonds. The fourth-order valence-electron chi connectivity index (χ4n) is 2.46. The van der Waals surface area contributed by atoms with E-state index < -0.39 is 0 Å². The largest absolute Gasteiger partial charge is 0.313 e. The third kappa shape index (κ3) is 2.49. The van der Waals surface area contributed by atoms with E-state index in [2.05, 4.69) is 53.4 Å². The molecular formula is C14H20BrN. The van der Waals surface area contributed by atoms with E-state index in [9.17, 15) is 0 Å². The van der Waals surface area contributed by atoms with Gasteiger partial charge in [-0.15, -0.1) is 0 Å². The summed E-state index contributed by atoms with van der Waals surface area (Å²) in [6, 6.07) is 7.02. The Bertz CT molecular complexity index is 358. The SMILES string of the molecule is CNC(CC1CCC1)c1cccc(Br)c1C. The molecule has 1 aliphatic rings. The Morgan fingerprint density at radius 3 is 2.75 bits per heavy atom. The Balaban J connectivity index is 2.15. The van der Waals surface area contributed by atoms with Gasteiger partial charge in [0.25, 0.3) is 0 Å². The molecule has 0 heterocycles.